The number of hydrogen-bond donors (Lipinski definition) is 1. The van der Waals surface area contributed by atoms with Crippen LogP contribution < -0.4 is 14.8 Å². The van der Waals surface area contributed by atoms with E-state index in [1.807, 2.05) is 32.9 Å². The SMILES string of the molecule is CC(C)(C)OC(=O)N(CCCNC(=O)c1cccc2c1OCO2)Cc1cccnc1. The predicted octanol–water partition coefficient (Wildman–Crippen LogP) is 3.37. The Morgan fingerprint density at radius 2 is 2.03 bits per heavy atom. The van der Waals surface area contributed by atoms with Gasteiger partial charge in [-0.05, 0) is 51.0 Å². The summed E-state index contributed by atoms with van der Waals surface area (Å²) < 4.78 is 16.2. The molecule has 0 saturated carbocycles. The fraction of sp³-hybridized carbons (Fsp3) is 0.409. The molecule has 0 aliphatic carbocycles. The zero-order valence-corrected chi connectivity index (χ0v) is 17.5. The van der Waals surface area contributed by atoms with Crippen molar-refractivity contribution in [2.24, 2.45) is 0 Å². The minimum atomic E-state index is -0.589. The van der Waals surface area contributed by atoms with Crippen molar-refractivity contribution in [2.45, 2.75) is 39.3 Å². The first-order chi connectivity index (χ1) is 14.3. The molecule has 1 N–H and O–H groups in total. The second-order valence-corrected chi connectivity index (χ2v) is 7.91. The fourth-order valence-electron chi connectivity index (χ4n) is 2.95. The number of amides is 2. The Morgan fingerprint density at radius 1 is 1.20 bits per heavy atom. The van der Waals surface area contributed by atoms with Crippen LogP contribution in [0.3, 0.4) is 0 Å². The van der Waals surface area contributed by atoms with Gasteiger partial charge >= 0.3 is 6.09 Å². The zero-order chi connectivity index (χ0) is 21.6. The molecule has 1 aromatic carbocycles. The van der Waals surface area contributed by atoms with E-state index in [0.717, 1.165) is 5.56 Å². The van der Waals surface area contributed by atoms with Gasteiger partial charge in [-0.15, -0.1) is 0 Å². The summed E-state index contributed by atoms with van der Waals surface area (Å²) in [6.45, 7) is 6.81. The summed E-state index contributed by atoms with van der Waals surface area (Å²) >= 11 is 0. The summed E-state index contributed by atoms with van der Waals surface area (Å²) in [6, 6.07) is 8.94. The van der Waals surface area contributed by atoms with Gasteiger partial charge < -0.3 is 24.4 Å². The second kappa shape index (κ2) is 9.47. The Morgan fingerprint density at radius 3 is 2.77 bits per heavy atom. The number of rotatable bonds is 7. The van der Waals surface area contributed by atoms with E-state index in [0.29, 0.717) is 43.1 Å². The molecule has 0 spiro atoms. The van der Waals surface area contributed by atoms with Crippen molar-refractivity contribution in [2.75, 3.05) is 19.9 Å². The summed E-state index contributed by atoms with van der Waals surface area (Å²) in [5, 5.41) is 2.87. The lowest BCUT2D eigenvalue weighted by molar-refractivity contribution is 0.0232. The number of nitrogens with zero attached hydrogens (tertiary/aromatic N) is 2. The number of carbonyl (C=O) groups excluding carboxylic acids is 2. The van der Waals surface area contributed by atoms with Gasteiger partial charge in [-0.2, -0.15) is 0 Å². The van der Waals surface area contributed by atoms with Crippen LogP contribution in [-0.4, -0.2) is 47.4 Å². The summed E-state index contributed by atoms with van der Waals surface area (Å²) in [5.41, 5.74) is 0.752. The van der Waals surface area contributed by atoms with Crippen molar-refractivity contribution in [3.05, 3.63) is 53.9 Å². The van der Waals surface area contributed by atoms with Crippen LogP contribution in [0.25, 0.3) is 0 Å². The van der Waals surface area contributed by atoms with Gasteiger partial charge in [0.2, 0.25) is 6.79 Å². The van der Waals surface area contributed by atoms with E-state index in [1.54, 1.807) is 35.5 Å². The summed E-state index contributed by atoms with van der Waals surface area (Å²) in [6.07, 6.45) is 3.57. The molecule has 8 nitrogen and oxygen atoms in total. The number of nitrogens with one attached hydrogen (secondary N) is 1. The molecule has 1 aliphatic heterocycles. The lowest BCUT2D eigenvalue weighted by Gasteiger charge is -2.27. The number of pyridine rings is 1. The highest BCUT2D eigenvalue weighted by atomic mass is 16.7. The largest absolute Gasteiger partial charge is 0.454 e. The Hall–Kier alpha value is -3.29. The van der Waals surface area contributed by atoms with Crippen molar-refractivity contribution in [1.82, 2.24) is 15.2 Å². The number of carbonyl (C=O) groups is 2. The first kappa shape index (κ1) is 21.4. The maximum atomic E-state index is 12.6. The van der Waals surface area contributed by atoms with Crippen LogP contribution in [-0.2, 0) is 11.3 Å². The summed E-state index contributed by atoms with van der Waals surface area (Å²) in [7, 11) is 0. The van der Waals surface area contributed by atoms with E-state index in [4.69, 9.17) is 14.2 Å². The number of ether oxygens (including phenoxy) is 3. The molecule has 0 radical (unpaired) electrons. The lowest BCUT2D eigenvalue weighted by atomic mass is 10.1. The number of para-hydroxylation sites is 1. The number of aromatic nitrogens is 1. The lowest BCUT2D eigenvalue weighted by Crippen LogP contribution is -2.38. The normalized spacial score (nSPS) is 12.4. The topological polar surface area (TPSA) is 90.0 Å². The third kappa shape index (κ3) is 5.85. The molecule has 0 saturated heterocycles. The third-order valence-corrected chi connectivity index (χ3v) is 4.28. The Labute approximate surface area is 176 Å². The van der Waals surface area contributed by atoms with E-state index in [9.17, 15) is 9.59 Å². The van der Waals surface area contributed by atoms with Crippen LogP contribution in [0.4, 0.5) is 4.79 Å². The minimum Gasteiger partial charge on any atom is -0.454 e. The molecule has 2 amide bonds. The summed E-state index contributed by atoms with van der Waals surface area (Å²) in [4.78, 5) is 30.8. The zero-order valence-electron chi connectivity index (χ0n) is 17.5. The molecule has 30 heavy (non-hydrogen) atoms. The van der Waals surface area contributed by atoms with E-state index in [-0.39, 0.29) is 12.7 Å². The molecule has 3 rings (SSSR count). The number of fused-ring (bicyclic) bond motifs is 1. The third-order valence-electron chi connectivity index (χ3n) is 4.28. The minimum absolute atomic E-state index is 0.110. The highest BCUT2D eigenvalue weighted by molar-refractivity contribution is 5.97. The smallest absolute Gasteiger partial charge is 0.410 e. The van der Waals surface area contributed by atoms with Gasteiger partial charge in [0, 0.05) is 25.5 Å². The monoisotopic (exact) mass is 413 g/mol. The van der Waals surface area contributed by atoms with Crippen LogP contribution in [0.2, 0.25) is 0 Å². The first-order valence-electron chi connectivity index (χ1n) is 9.87. The number of benzene rings is 1. The molecule has 1 aliphatic rings. The van der Waals surface area contributed by atoms with Gasteiger partial charge in [0.05, 0.1) is 12.1 Å². The molecule has 0 fully saturated rings. The maximum absolute atomic E-state index is 12.6. The van der Waals surface area contributed by atoms with Crippen LogP contribution >= 0.6 is 0 Å². The van der Waals surface area contributed by atoms with Crippen LogP contribution in [0.5, 0.6) is 11.5 Å². The second-order valence-electron chi connectivity index (χ2n) is 7.91. The van der Waals surface area contributed by atoms with Gasteiger partial charge in [0.25, 0.3) is 5.91 Å². The van der Waals surface area contributed by atoms with Gasteiger partial charge in [0.1, 0.15) is 5.60 Å². The van der Waals surface area contributed by atoms with Gasteiger partial charge in [0.15, 0.2) is 11.5 Å². The highest BCUT2D eigenvalue weighted by Gasteiger charge is 2.23. The van der Waals surface area contributed by atoms with Crippen molar-refractivity contribution in [1.29, 1.82) is 0 Å². The van der Waals surface area contributed by atoms with Gasteiger partial charge in [-0.25, -0.2) is 4.79 Å². The standard InChI is InChI=1S/C22H27N3O5/c1-22(2,3)30-21(27)25(14-16-7-5-10-23-13-16)12-6-11-24-20(26)17-8-4-9-18-19(17)29-15-28-18/h4-5,7-10,13H,6,11-12,14-15H2,1-3H3,(H,24,26). The van der Waals surface area contributed by atoms with Crippen molar-refractivity contribution in [3.8, 4) is 11.5 Å². The van der Waals surface area contributed by atoms with Crippen LogP contribution in [0.1, 0.15) is 43.1 Å². The molecular formula is C22H27N3O5. The van der Waals surface area contributed by atoms with Crippen molar-refractivity contribution < 1.29 is 23.8 Å². The average molecular weight is 413 g/mol. The first-order valence-corrected chi connectivity index (χ1v) is 9.87. The molecule has 2 aromatic rings. The van der Waals surface area contributed by atoms with E-state index < -0.39 is 11.7 Å². The summed E-state index contributed by atoms with van der Waals surface area (Å²) in [5.74, 6) is 0.783. The molecule has 160 valence electrons. The average Bonchev–Trinajstić information content (AvgIpc) is 3.18. The molecule has 1 aromatic heterocycles. The molecule has 0 unspecified atom stereocenters. The van der Waals surface area contributed by atoms with Gasteiger partial charge in [-0.1, -0.05) is 12.1 Å². The Balaban J connectivity index is 1.55. The van der Waals surface area contributed by atoms with Crippen molar-refractivity contribution in [3.63, 3.8) is 0 Å². The molecule has 0 atom stereocenters. The molecule has 8 heteroatoms. The molecule has 2 heterocycles. The van der Waals surface area contributed by atoms with Crippen LogP contribution in [0.15, 0.2) is 42.7 Å². The number of hydrogen-bond acceptors (Lipinski definition) is 6. The van der Waals surface area contributed by atoms with E-state index in [2.05, 4.69) is 10.3 Å². The Bertz CT molecular complexity index is 880. The molecule has 0 bridgehead atoms. The predicted molar refractivity (Wildman–Crippen MR) is 110 cm³/mol. The molecular weight excluding hydrogens is 386 g/mol. The highest BCUT2D eigenvalue weighted by Crippen LogP contribution is 2.35. The van der Waals surface area contributed by atoms with Crippen molar-refractivity contribution >= 4 is 12.0 Å². The van der Waals surface area contributed by atoms with Gasteiger partial charge in [-0.3, -0.25) is 9.78 Å². The van der Waals surface area contributed by atoms with Crippen LogP contribution in [0, 0.1) is 0 Å². The Kier molecular flexibility index (Phi) is 6.76. The quantitative estimate of drug-likeness (QED) is 0.700. The fourth-order valence-corrected chi connectivity index (χ4v) is 2.95. The van der Waals surface area contributed by atoms with E-state index >= 15 is 0 Å². The maximum Gasteiger partial charge on any atom is 0.410 e. The van der Waals surface area contributed by atoms with E-state index in [1.165, 1.54) is 0 Å².